The number of para-hydroxylation sites is 3. The minimum atomic E-state index is 0.579. The molecule has 6 nitrogen and oxygen atoms in total. The number of fused-ring (bicyclic) bond motifs is 3. The van der Waals surface area contributed by atoms with E-state index in [1.54, 1.807) is 0 Å². The van der Waals surface area contributed by atoms with Crippen molar-refractivity contribution in [1.82, 2.24) is 24.1 Å². The first-order chi connectivity index (χ1) is 16.7. The van der Waals surface area contributed by atoms with Crippen LogP contribution in [0.1, 0.15) is 11.1 Å². The number of nitrogens with zero attached hydrogens (tertiary/aromatic N) is 6. The van der Waals surface area contributed by atoms with Crippen LogP contribution in [0.2, 0.25) is 0 Å². The number of benzene rings is 3. The SMILES string of the molecule is Cc1cc(Sc2nnc(-c3ccccc3)n2-c2ccccc2)n2c(nc3ccccc32)c1C#N. The maximum Gasteiger partial charge on any atom is 0.202 e. The predicted octanol–water partition coefficient (Wildman–Crippen LogP) is 6.07. The van der Waals surface area contributed by atoms with Crippen LogP contribution in [0.4, 0.5) is 0 Å². The summed E-state index contributed by atoms with van der Waals surface area (Å²) in [4.78, 5) is 4.77. The lowest BCUT2D eigenvalue weighted by atomic mass is 10.2. The molecule has 0 saturated carbocycles. The Kier molecular flexibility index (Phi) is 4.86. The quantitative estimate of drug-likeness (QED) is 0.321. The van der Waals surface area contributed by atoms with Gasteiger partial charge in [0.1, 0.15) is 6.07 Å². The lowest BCUT2D eigenvalue weighted by Crippen LogP contribution is -2.01. The normalized spacial score (nSPS) is 11.2. The molecule has 0 aliphatic heterocycles. The van der Waals surface area contributed by atoms with Crippen molar-refractivity contribution in [2.45, 2.75) is 17.1 Å². The Balaban J connectivity index is 1.59. The fraction of sp³-hybridized carbons (Fsp3) is 0.0370. The fourth-order valence-electron chi connectivity index (χ4n) is 4.14. The highest BCUT2D eigenvalue weighted by Crippen LogP contribution is 2.35. The van der Waals surface area contributed by atoms with Gasteiger partial charge >= 0.3 is 0 Å². The molecule has 34 heavy (non-hydrogen) atoms. The highest BCUT2D eigenvalue weighted by molar-refractivity contribution is 7.99. The second-order valence-electron chi connectivity index (χ2n) is 7.86. The van der Waals surface area contributed by atoms with E-state index in [1.807, 2.05) is 102 Å². The van der Waals surface area contributed by atoms with E-state index in [-0.39, 0.29) is 0 Å². The standard InChI is InChI=1S/C27H18N6S/c1-18-16-24(33-23-15-9-8-14-22(23)29-26(33)21(18)17-28)34-27-31-30-25(19-10-4-2-5-11-19)32(27)20-12-6-3-7-13-20/h2-16H,1H3. The zero-order chi connectivity index (χ0) is 23.1. The van der Waals surface area contributed by atoms with Gasteiger partial charge < -0.3 is 0 Å². The van der Waals surface area contributed by atoms with Crippen LogP contribution in [0.3, 0.4) is 0 Å². The highest BCUT2D eigenvalue weighted by atomic mass is 32.2. The number of hydrogen-bond donors (Lipinski definition) is 0. The molecule has 0 unspecified atom stereocenters. The molecule has 0 radical (unpaired) electrons. The minimum absolute atomic E-state index is 0.579. The average Bonchev–Trinajstić information content (AvgIpc) is 3.47. The summed E-state index contributed by atoms with van der Waals surface area (Å²) in [6.45, 7) is 1.94. The van der Waals surface area contributed by atoms with E-state index in [9.17, 15) is 5.26 Å². The number of aryl methyl sites for hydroxylation is 1. The van der Waals surface area contributed by atoms with Crippen molar-refractivity contribution < 1.29 is 0 Å². The van der Waals surface area contributed by atoms with Crippen LogP contribution in [0.5, 0.6) is 0 Å². The second-order valence-corrected chi connectivity index (χ2v) is 8.84. The van der Waals surface area contributed by atoms with Crippen LogP contribution in [-0.2, 0) is 0 Å². The Morgan fingerprint density at radius 2 is 1.56 bits per heavy atom. The van der Waals surface area contributed by atoms with Gasteiger partial charge in [-0.2, -0.15) is 5.26 Å². The van der Waals surface area contributed by atoms with Crippen LogP contribution in [0.15, 0.2) is 101 Å². The van der Waals surface area contributed by atoms with Crippen LogP contribution in [-0.4, -0.2) is 24.1 Å². The van der Waals surface area contributed by atoms with Crippen molar-refractivity contribution in [1.29, 1.82) is 5.26 Å². The Morgan fingerprint density at radius 3 is 2.32 bits per heavy atom. The molecule has 0 aliphatic carbocycles. The van der Waals surface area contributed by atoms with E-state index in [0.717, 1.165) is 43.9 Å². The molecule has 0 aliphatic rings. The van der Waals surface area contributed by atoms with Crippen molar-refractivity contribution in [3.63, 3.8) is 0 Å². The van der Waals surface area contributed by atoms with Crippen molar-refractivity contribution in [3.8, 4) is 23.1 Å². The molecule has 7 heteroatoms. The van der Waals surface area contributed by atoms with E-state index in [4.69, 9.17) is 4.98 Å². The summed E-state index contributed by atoms with van der Waals surface area (Å²) < 4.78 is 4.11. The topological polar surface area (TPSA) is 71.8 Å². The number of hydrogen-bond acceptors (Lipinski definition) is 5. The zero-order valence-corrected chi connectivity index (χ0v) is 19.1. The summed E-state index contributed by atoms with van der Waals surface area (Å²) in [5.74, 6) is 0.770. The van der Waals surface area contributed by atoms with E-state index >= 15 is 0 Å². The predicted molar refractivity (Wildman–Crippen MR) is 133 cm³/mol. The lowest BCUT2D eigenvalue weighted by molar-refractivity contribution is 0.880. The molecule has 3 heterocycles. The van der Waals surface area contributed by atoms with Gasteiger partial charge in [0.15, 0.2) is 11.5 Å². The first kappa shape index (κ1) is 20.2. The second kappa shape index (κ2) is 8.18. The number of pyridine rings is 1. The molecule has 0 atom stereocenters. The summed E-state index contributed by atoms with van der Waals surface area (Å²) in [5.41, 5.74) is 5.87. The molecule has 6 rings (SSSR count). The molecule has 0 N–H and O–H groups in total. The Hall–Kier alpha value is -4.41. The molecule has 0 amide bonds. The van der Waals surface area contributed by atoms with Gasteiger partial charge in [0.05, 0.1) is 21.6 Å². The van der Waals surface area contributed by atoms with Gasteiger partial charge in [-0.1, -0.05) is 60.7 Å². The number of rotatable bonds is 4. The first-order valence-electron chi connectivity index (χ1n) is 10.8. The van der Waals surface area contributed by atoms with Crippen molar-refractivity contribution >= 4 is 28.4 Å². The van der Waals surface area contributed by atoms with E-state index in [0.29, 0.717) is 11.2 Å². The van der Waals surface area contributed by atoms with Crippen LogP contribution in [0.25, 0.3) is 33.8 Å². The molecule has 3 aromatic heterocycles. The largest absolute Gasteiger partial charge is 0.285 e. The minimum Gasteiger partial charge on any atom is -0.285 e. The summed E-state index contributed by atoms with van der Waals surface area (Å²) in [6, 6.07) is 32.4. The number of aromatic nitrogens is 5. The molecule has 0 spiro atoms. The van der Waals surface area contributed by atoms with Crippen LogP contribution >= 0.6 is 11.8 Å². The number of imidazole rings is 1. The van der Waals surface area contributed by atoms with Gasteiger partial charge in [-0.05, 0) is 54.6 Å². The Labute approximate surface area is 200 Å². The van der Waals surface area contributed by atoms with E-state index < -0.39 is 0 Å². The summed E-state index contributed by atoms with van der Waals surface area (Å²) in [7, 11) is 0. The Bertz CT molecular complexity index is 1690. The molecule has 162 valence electrons. The zero-order valence-electron chi connectivity index (χ0n) is 18.3. The lowest BCUT2D eigenvalue weighted by Gasteiger charge is -2.12. The third-order valence-corrected chi connectivity index (χ3v) is 6.68. The summed E-state index contributed by atoms with van der Waals surface area (Å²) in [5, 5.41) is 20.6. The highest BCUT2D eigenvalue weighted by Gasteiger charge is 2.20. The van der Waals surface area contributed by atoms with E-state index in [1.165, 1.54) is 11.8 Å². The number of nitriles is 1. The average molecular weight is 459 g/mol. The molecule has 0 saturated heterocycles. The first-order valence-corrected chi connectivity index (χ1v) is 11.6. The van der Waals surface area contributed by atoms with Gasteiger partial charge in [-0.25, -0.2) is 4.98 Å². The van der Waals surface area contributed by atoms with Gasteiger partial charge in [-0.15, -0.1) is 10.2 Å². The molecular weight excluding hydrogens is 440 g/mol. The van der Waals surface area contributed by atoms with Crippen LogP contribution < -0.4 is 0 Å². The van der Waals surface area contributed by atoms with Gasteiger partial charge in [0, 0.05) is 11.3 Å². The molecule has 3 aromatic carbocycles. The molecule has 0 fully saturated rings. The summed E-state index contributed by atoms with van der Waals surface area (Å²) in [6.07, 6.45) is 0. The van der Waals surface area contributed by atoms with Crippen molar-refractivity contribution in [2.24, 2.45) is 0 Å². The third-order valence-electron chi connectivity index (χ3n) is 5.73. The Morgan fingerprint density at radius 1 is 0.853 bits per heavy atom. The van der Waals surface area contributed by atoms with E-state index in [2.05, 4.69) is 20.8 Å². The molecule has 6 aromatic rings. The van der Waals surface area contributed by atoms with Crippen LogP contribution in [0, 0.1) is 18.3 Å². The third kappa shape index (κ3) is 3.24. The maximum absolute atomic E-state index is 9.81. The van der Waals surface area contributed by atoms with Gasteiger partial charge in [-0.3, -0.25) is 8.97 Å². The summed E-state index contributed by atoms with van der Waals surface area (Å²) >= 11 is 1.51. The van der Waals surface area contributed by atoms with Gasteiger partial charge in [0.25, 0.3) is 0 Å². The van der Waals surface area contributed by atoms with Crippen molar-refractivity contribution in [3.05, 3.63) is 102 Å². The smallest absolute Gasteiger partial charge is 0.202 e. The van der Waals surface area contributed by atoms with Crippen molar-refractivity contribution in [2.75, 3.05) is 0 Å². The maximum atomic E-state index is 9.81. The van der Waals surface area contributed by atoms with Gasteiger partial charge in [0.2, 0.25) is 5.16 Å². The fourth-order valence-corrected chi connectivity index (χ4v) is 5.21. The molecular formula is C27H18N6S. The molecule has 0 bridgehead atoms. The monoisotopic (exact) mass is 458 g/mol.